The van der Waals surface area contributed by atoms with Gasteiger partial charge in [0.25, 0.3) is 0 Å². The molecule has 0 fully saturated rings. The van der Waals surface area contributed by atoms with Crippen LogP contribution in [0, 0.1) is 0 Å². The number of aliphatic carboxylic acids is 2. The smallest absolute Gasteiger partial charge is 0.326 e. The Morgan fingerprint density at radius 1 is 0.737 bits per heavy atom. The minimum atomic E-state index is -1.25. The number of rotatable bonds is 20. The number of hydrogen-bond acceptors (Lipinski definition) is 5. The number of hydrogen-bond donors (Lipinski definition) is 6. The largest absolute Gasteiger partial charge is 0.481 e. The van der Waals surface area contributed by atoms with Crippen molar-refractivity contribution < 1.29 is 34.2 Å². The molecule has 0 saturated carbocycles. The van der Waals surface area contributed by atoms with Gasteiger partial charge in [0.05, 0.1) is 0 Å². The Hall–Kier alpha value is -3.63. The van der Waals surface area contributed by atoms with E-state index in [9.17, 15) is 29.1 Å². The molecule has 6 N–H and O–H groups in total. The number of carbonyl (C=O) groups excluding carboxylic acids is 3. The van der Waals surface area contributed by atoms with Crippen molar-refractivity contribution in [3.63, 3.8) is 0 Å². The summed E-state index contributed by atoms with van der Waals surface area (Å²) in [5.74, 6) is -2.46. The van der Waals surface area contributed by atoms with Crippen molar-refractivity contribution in [2.24, 2.45) is 0 Å². The summed E-state index contributed by atoms with van der Waals surface area (Å²) in [6, 6.07) is 8.19. The van der Waals surface area contributed by atoms with Gasteiger partial charge in [0, 0.05) is 38.4 Å². The van der Waals surface area contributed by atoms with Gasteiger partial charge in [0.15, 0.2) is 0 Å². The van der Waals surface area contributed by atoms with Crippen molar-refractivity contribution >= 4 is 29.8 Å². The lowest BCUT2D eigenvalue weighted by Gasteiger charge is -2.15. The summed E-state index contributed by atoms with van der Waals surface area (Å²) in [6.07, 6.45) is 5.71. The maximum Gasteiger partial charge on any atom is 0.326 e. The highest BCUT2D eigenvalue weighted by molar-refractivity contribution is 5.83. The van der Waals surface area contributed by atoms with Crippen molar-refractivity contribution in [1.29, 1.82) is 0 Å². The van der Waals surface area contributed by atoms with E-state index < -0.39 is 24.0 Å². The molecule has 0 aliphatic heterocycles. The normalized spacial score (nSPS) is 12.1. The summed E-state index contributed by atoms with van der Waals surface area (Å²) in [6.45, 7) is 2.58. The standard InChI is InChI=1S/C27H42N4O7/c1-20(19-21-11-6-5-7-12-21)30-24(33)13-8-3-2-4-9-17-28-23(32)16-15-22(26(36)37)31-27(38)29-18-10-14-25(34)35/h5-7,11-12,20,22H,2-4,8-10,13-19H2,1H3,(H,28,32)(H,30,33)(H,34,35)(H,36,37)(H2,29,31,38). The first-order chi connectivity index (χ1) is 18.2. The molecule has 2 atom stereocenters. The van der Waals surface area contributed by atoms with Gasteiger partial charge in [-0.15, -0.1) is 0 Å². The molecule has 1 aromatic rings. The van der Waals surface area contributed by atoms with Crippen molar-refractivity contribution in [3.05, 3.63) is 35.9 Å². The van der Waals surface area contributed by atoms with Gasteiger partial charge in [0.2, 0.25) is 11.8 Å². The van der Waals surface area contributed by atoms with Gasteiger partial charge in [-0.1, -0.05) is 49.6 Å². The molecule has 0 saturated heterocycles. The molecule has 0 heterocycles. The molecule has 0 aliphatic carbocycles. The van der Waals surface area contributed by atoms with E-state index in [1.807, 2.05) is 37.3 Å². The van der Waals surface area contributed by atoms with Crippen LogP contribution in [-0.2, 0) is 25.6 Å². The van der Waals surface area contributed by atoms with Gasteiger partial charge in [-0.25, -0.2) is 9.59 Å². The summed E-state index contributed by atoms with van der Waals surface area (Å²) in [4.78, 5) is 57.7. The fraction of sp³-hybridized carbons (Fsp3) is 0.593. The van der Waals surface area contributed by atoms with Gasteiger partial charge in [-0.05, 0) is 44.6 Å². The van der Waals surface area contributed by atoms with E-state index in [-0.39, 0.29) is 50.1 Å². The highest BCUT2D eigenvalue weighted by Crippen LogP contribution is 2.07. The zero-order chi connectivity index (χ0) is 28.2. The molecule has 212 valence electrons. The maximum atomic E-state index is 12.1. The third-order valence-corrected chi connectivity index (χ3v) is 5.81. The molecule has 0 spiro atoms. The Morgan fingerprint density at radius 2 is 1.39 bits per heavy atom. The molecule has 4 amide bonds. The van der Waals surface area contributed by atoms with Crippen LogP contribution in [0.4, 0.5) is 4.79 Å². The lowest BCUT2D eigenvalue weighted by molar-refractivity contribution is -0.139. The zero-order valence-corrected chi connectivity index (χ0v) is 22.2. The van der Waals surface area contributed by atoms with E-state index in [1.165, 1.54) is 5.56 Å². The summed E-state index contributed by atoms with van der Waals surface area (Å²) < 4.78 is 0. The van der Waals surface area contributed by atoms with Gasteiger partial charge in [-0.2, -0.15) is 0 Å². The van der Waals surface area contributed by atoms with Crippen LogP contribution in [-0.4, -0.2) is 65.2 Å². The Morgan fingerprint density at radius 3 is 2.08 bits per heavy atom. The van der Waals surface area contributed by atoms with Gasteiger partial charge in [0.1, 0.15) is 6.04 Å². The Kier molecular flexibility index (Phi) is 16.6. The lowest BCUT2D eigenvalue weighted by Crippen LogP contribution is -2.46. The molecule has 2 unspecified atom stereocenters. The van der Waals surface area contributed by atoms with Crippen molar-refractivity contribution in [2.75, 3.05) is 13.1 Å². The molecule has 0 aliphatic rings. The number of nitrogens with one attached hydrogen (secondary N) is 4. The van der Waals surface area contributed by atoms with Crippen LogP contribution in [0.5, 0.6) is 0 Å². The number of unbranched alkanes of at least 4 members (excludes halogenated alkanes) is 4. The number of urea groups is 1. The molecule has 1 aromatic carbocycles. The number of carbonyl (C=O) groups is 5. The maximum absolute atomic E-state index is 12.1. The van der Waals surface area contributed by atoms with Crippen LogP contribution in [0.2, 0.25) is 0 Å². The molecule has 11 heteroatoms. The second-order valence-corrected chi connectivity index (χ2v) is 9.35. The van der Waals surface area contributed by atoms with Crippen molar-refractivity contribution in [1.82, 2.24) is 21.3 Å². The molecule has 0 radical (unpaired) electrons. The van der Waals surface area contributed by atoms with Crippen LogP contribution in [0.1, 0.15) is 76.7 Å². The summed E-state index contributed by atoms with van der Waals surface area (Å²) >= 11 is 0. The fourth-order valence-electron chi connectivity index (χ4n) is 3.81. The first-order valence-corrected chi connectivity index (χ1v) is 13.3. The zero-order valence-electron chi connectivity index (χ0n) is 22.2. The highest BCUT2D eigenvalue weighted by atomic mass is 16.4. The first-order valence-electron chi connectivity index (χ1n) is 13.3. The third kappa shape index (κ3) is 16.9. The number of carboxylic acids is 2. The van der Waals surface area contributed by atoms with Crippen LogP contribution >= 0.6 is 0 Å². The second kappa shape index (κ2) is 19.5. The highest BCUT2D eigenvalue weighted by Gasteiger charge is 2.20. The fourth-order valence-corrected chi connectivity index (χ4v) is 3.81. The second-order valence-electron chi connectivity index (χ2n) is 9.35. The van der Waals surface area contributed by atoms with E-state index in [0.717, 1.165) is 38.5 Å². The molecule has 1 rings (SSSR count). The third-order valence-electron chi connectivity index (χ3n) is 5.81. The predicted molar refractivity (Wildman–Crippen MR) is 143 cm³/mol. The first kappa shape index (κ1) is 32.4. The van der Waals surface area contributed by atoms with Crippen LogP contribution in [0.3, 0.4) is 0 Å². The number of amides is 4. The van der Waals surface area contributed by atoms with E-state index >= 15 is 0 Å². The van der Waals surface area contributed by atoms with Gasteiger partial charge in [-0.3, -0.25) is 14.4 Å². The average Bonchev–Trinajstić information content (AvgIpc) is 2.86. The van der Waals surface area contributed by atoms with Crippen molar-refractivity contribution in [3.8, 4) is 0 Å². The minimum absolute atomic E-state index is 0.0476. The molecular formula is C27H42N4O7. The van der Waals surface area contributed by atoms with Gasteiger partial charge >= 0.3 is 18.0 Å². The number of benzene rings is 1. The van der Waals surface area contributed by atoms with Crippen LogP contribution in [0.25, 0.3) is 0 Å². The molecule has 0 aromatic heterocycles. The van der Waals surface area contributed by atoms with Crippen LogP contribution < -0.4 is 21.3 Å². The Balaban J connectivity index is 2.06. The minimum Gasteiger partial charge on any atom is -0.481 e. The van der Waals surface area contributed by atoms with Gasteiger partial charge < -0.3 is 31.5 Å². The topological polar surface area (TPSA) is 174 Å². The summed E-state index contributed by atoms with van der Waals surface area (Å²) in [5.41, 5.74) is 1.19. The summed E-state index contributed by atoms with van der Waals surface area (Å²) in [7, 11) is 0. The SMILES string of the molecule is CC(Cc1ccccc1)NC(=O)CCCCCCCNC(=O)CCC(NC(=O)NCCCC(=O)O)C(=O)O. The lowest BCUT2D eigenvalue weighted by atomic mass is 10.1. The van der Waals surface area contributed by atoms with E-state index in [4.69, 9.17) is 5.11 Å². The molecule has 0 bridgehead atoms. The van der Waals surface area contributed by atoms with E-state index in [2.05, 4.69) is 21.3 Å². The van der Waals surface area contributed by atoms with Crippen LogP contribution in [0.15, 0.2) is 30.3 Å². The van der Waals surface area contributed by atoms with E-state index in [0.29, 0.717) is 13.0 Å². The van der Waals surface area contributed by atoms with E-state index in [1.54, 1.807) is 0 Å². The molecule has 11 nitrogen and oxygen atoms in total. The Labute approximate surface area is 224 Å². The number of carboxylic acid groups (broad SMARTS) is 2. The summed E-state index contributed by atoms with van der Waals surface area (Å²) in [5, 5.41) is 28.3. The van der Waals surface area contributed by atoms with Crippen molar-refractivity contribution in [2.45, 2.75) is 89.6 Å². The Bertz CT molecular complexity index is 879. The average molecular weight is 535 g/mol. The predicted octanol–water partition coefficient (Wildman–Crippen LogP) is 2.59. The molecular weight excluding hydrogens is 492 g/mol. The monoisotopic (exact) mass is 534 g/mol. The quantitative estimate of drug-likeness (QED) is 0.139. The molecule has 38 heavy (non-hydrogen) atoms.